The number of hydrogen-bond donors (Lipinski definition) is 1. The van der Waals surface area contributed by atoms with Crippen LogP contribution in [0.1, 0.15) is 36.5 Å². The van der Waals surface area contributed by atoms with Crippen molar-refractivity contribution in [3.8, 4) is 6.07 Å². The van der Waals surface area contributed by atoms with Crippen molar-refractivity contribution in [3.05, 3.63) is 128 Å². The minimum Gasteiger partial charge on any atom is -0.371 e. The van der Waals surface area contributed by atoms with Gasteiger partial charge in [-0.15, -0.1) is 10.2 Å². The zero-order valence-corrected chi connectivity index (χ0v) is 24.6. The SMILES string of the molecule is CC(=O)Nc1cc(N(CCCc2ccccc2)CCCc2ccccc2)ccc1N=Nc1c(C#N)cc([N+](=O)[O-])cc1[N+](=O)[O-]. The molecule has 0 aliphatic heterocycles. The summed E-state index contributed by atoms with van der Waals surface area (Å²) < 4.78 is 0. The van der Waals surface area contributed by atoms with Crippen LogP contribution < -0.4 is 10.2 Å². The number of azo groups is 1. The van der Waals surface area contributed by atoms with Gasteiger partial charge in [0.15, 0.2) is 5.69 Å². The van der Waals surface area contributed by atoms with Gasteiger partial charge in [-0.25, -0.2) is 0 Å². The Labute approximate surface area is 260 Å². The van der Waals surface area contributed by atoms with E-state index in [1.54, 1.807) is 18.2 Å². The van der Waals surface area contributed by atoms with Crippen molar-refractivity contribution in [2.24, 2.45) is 10.2 Å². The zero-order valence-electron chi connectivity index (χ0n) is 24.6. The molecule has 4 aromatic carbocycles. The third kappa shape index (κ3) is 9.01. The van der Waals surface area contributed by atoms with Gasteiger partial charge in [-0.05, 0) is 55.0 Å². The molecule has 12 heteroatoms. The van der Waals surface area contributed by atoms with Crippen LogP contribution in [0.5, 0.6) is 0 Å². The Hall–Kier alpha value is -5.96. The Kier molecular flexibility index (Phi) is 11.0. The standard InChI is InChI=1S/C33H31N7O5/c1-24(41)35-31-21-28(16-17-30(31)36-37-33-27(23-34)20-29(39(42)43)22-32(33)40(44)45)38(18-8-14-25-10-4-2-5-11-25)19-9-15-26-12-6-3-7-13-26/h2-7,10-13,16-17,20-22H,8-9,14-15,18-19H2,1H3,(H,35,41). The number of aryl methyl sites for hydroxylation is 2. The Morgan fingerprint density at radius 2 is 1.44 bits per heavy atom. The number of non-ortho nitro benzene ring substituents is 1. The van der Waals surface area contributed by atoms with E-state index < -0.39 is 26.9 Å². The Morgan fingerprint density at radius 3 is 1.96 bits per heavy atom. The molecule has 0 unspecified atom stereocenters. The van der Waals surface area contributed by atoms with E-state index in [1.807, 2.05) is 42.5 Å². The molecular weight excluding hydrogens is 574 g/mol. The van der Waals surface area contributed by atoms with Crippen LogP contribution in [-0.2, 0) is 17.6 Å². The third-order valence-corrected chi connectivity index (χ3v) is 6.99. The molecule has 1 N–H and O–H groups in total. The molecule has 4 rings (SSSR count). The van der Waals surface area contributed by atoms with Crippen LogP contribution in [0.2, 0.25) is 0 Å². The van der Waals surface area contributed by atoms with Crippen LogP contribution in [0.15, 0.2) is 101 Å². The topological polar surface area (TPSA) is 167 Å². The summed E-state index contributed by atoms with van der Waals surface area (Å²) in [5.74, 6) is -0.359. The van der Waals surface area contributed by atoms with E-state index in [2.05, 4.69) is 44.7 Å². The van der Waals surface area contributed by atoms with Gasteiger partial charge < -0.3 is 10.2 Å². The van der Waals surface area contributed by atoms with Gasteiger partial charge in [-0.2, -0.15) is 5.26 Å². The maximum atomic E-state index is 12.1. The number of amides is 1. The lowest BCUT2D eigenvalue weighted by Crippen LogP contribution is -2.26. The Morgan fingerprint density at radius 1 is 0.844 bits per heavy atom. The number of nitro benzene ring substituents is 2. The number of rotatable bonds is 14. The van der Waals surface area contributed by atoms with E-state index >= 15 is 0 Å². The summed E-state index contributed by atoms with van der Waals surface area (Å²) in [4.78, 5) is 35.6. The Bertz CT molecular complexity index is 1690. The van der Waals surface area contributed by atoms with Gasteiger partial charge in [-0.3, -0.25) is 25.0 Å². The highest BCUT2D eigenvalue weighted by molar-refractivity contribution is 5.93. The lowest BCUT2D eigenvalue weighted by molar-refractivity contribution is -0.393. The highest BCUT2D eigenvalue weighted by Gasteiger charge is 2.25. The molecular formula is C33H31N7O5. The first-order valence-corrected chi connectivity index (χ1v) is 14.3. The highest BCUT2D eigenvalue weighted by Crippen LogP contribution is 2.38. The second-order valence-corrected chi connectivity index (χ2v) is 10.2. The van der Waals surface area contributed by atoms with Crippen molar-refractivity contribution in [2.75, 3.05) is 23.3 Å². The van der Waals surface area contributed by atoms with E-state index in [4.69, 9.17) is 0 Å². The van der Waals surface area contributed by atoms with Crippen molar-refractivity contribution in [1.82, 2.24) is 0 Å². The van der Waals surface area contributed by atoms with Gasteiger partial charge in [0.05, 0.1) is 27.2 Å². The number of anilines is 2. The molecule has 0 fully saturated rings. The number of benzene rings is 4. The van der Waals surface area contributed by atoms with Crippen LogP contribution in [0.25, 0.3) is 0 Å². The lowest BCUT2D eigenvalue weighted by Gasteiger charge is -2.26. The van der Waals surface area contributed by atoms with Crippen molar-refractivity contribution >= 4 is 40.0 Å². The maximum absolute atomic E-state index is 12.1. The minimum atomic E-state index is -0.858. The molecule has 0 saturated carbocycles. The van der Waals surface area contributed by atoms with Crippen LogP contribution in [0, 0.1) is 31.6 Å². The van der Waals surface area contributed by atoms with Gasteiger partial charge in [0.2, 0.25) is 5.91 Å². The van der Waals surface area contributed by atoms with E-state index in [9.17, 15) is 30.3 Å². The summed E-state index contributed by atoms with van der Waals surface area (Å²) in [6.07, 6.45) is 3.59. The van der Waals surface area contributed by atoms with Crippen LogP contribution in [-0.4, -0.2) is 28.8 Å². The molecule has 0 saturated heterocycles. The van der Waals surface area contributed by atoms with E-state index in [0.717, 1.165) is 56.6 Å². The molecule has 0 spiro atoms. The van der Waals surface area contributed by atoms with Gasteiger partial charge in [-0.1, -0.05) is 60.7 Å². The van der Waals surface area contributed by atoms with Gasteiger partial charge >= 0.3 is 5.69 Å². The summed E-state index contributed by atoms with van der Waals surface area (Å²) in [5, 5.41) is 43.2. The quantitative estimate of drug-likeness (QED) is 0.0868. The average molecular weight is 606 g/mol. The predicted octanol–water partition coefficient (Wildman–Crippen LogP) is 7.82. The molecule has 228 valence electrons. The van der Waals surface area contributed by atoms with Crippen LogP contribution >= 0.6 is 0 Å². The molecule has 0 radical (unpaired) electrons. The number of nitriles is 1. The molecule has 0 heterocycles. The first-order chi connectivity index (χ1) is 21.7. The number of carbonyl (C=O) groups excluding carboxylic acids is 1. The number of nitrogens with one attached hydrogen (secondary N) is 1. The van der Waals surface area contributed by atoms with Crippen LogP contribution in [0.3, 0.4) is 0 Å². The van der Waals surface area contributed by atoms with Crippen molar-refractivity contribution in [2.45, 2.75) is 32.6 Å². The van der Waals surface area contributed by atoms with Gasteiger partial charge in [0.1, 0.15) is 11.8 Å². The first-order valence-electron chi connectivity index (χ1n) is 14.3. The van der Waals surface area contributed by atoms with Gasteiger partial charge in [0, 0.05) is 31.8 Å². The van der Waals surface area contributed by atoms with E-state index in [0.29, 0.717) is 5.69 Å². The molecule has 0 aromatic heterocycles. The first kappa shape index (κ1) is 32.0. The fourth-order valence-corrected chi connectivity index (χ4v) is 4.85. The van der Waals surface area contributed by atoms with Crippen molar-refractivity contribution < 1.29 is 14.6 Å². The fraction of sp³-hybridized carbons (Fsp3) is 0.212. The molecule has 0 bridgehead atoms. The molecule has 0 aliphatic carbocycles. The fourth-order valence-electron chi connectivity index (χ4n) is 4.85. The van der Waals surface area contributed by atoms with E-state index in [1.165, 1.54) is 18.1 Å². The summed E-state index contributed by atoms with van der Waals surface area (Å²) in [5.41, 5.74) is 1.71. The molecule has 4 aromatic rings. The minimum absolute atomic E-state index is 0.194. The predicted molar refractivity (Wildman–Crippen MR) is 171 cm³/mol. The summed E-state index contributed by atoms with van der Waals surface area (Å²) in [7, 11) is 0. The summed E-state index contributed by atoms with van der Waals surface area (Å²) in [6.45, 7) is 2.86. The number of nitro groups is 2. The second kappa shape index (κ2) is 15.5. The van der Waals surface area contributed by atoms with Crippen molar-refractivity contribution in [1.29, 1.82) is 5.26 Å². The lowest BCUT2D eigenvalue weighted by atomic mass is 10.1. The largest absolute Gasteiger partial charge is 0.371 e. The summed E-state index contributed by atoms with van der Waals surface area (Å²) in [6, 6.07) is 29.0. The average Bonchev–Trinajstić information content (AvgIpc) is 3.03. The van der Waals surface area contributed by atoms with Gasteiger partial charge in [0.25, 0.3) is 5.69 Å². The van der Waals surface area contributed by atoms with E-state index in [-0.39, 0.29) is 17.2 Å². The monoisotopic (exact) mass is 605 g/mol. The molecule has 1 amide bonds. The third-order valence-electron chi connectivity index (χ3n) is 6.99. The smallest absolute Gasteiger partial charge is 0.304 e. The maximum Gasteiger partial charge on any atom is 0.304 e. The molecule has 0 aliphatic rings. The normalized spacial score (nSPS) is 10.8. The number of nitrogens with zero attached hydrogens (tertiary/aromatic N) is 6. The number of hydrogen-bond acceptors (Lipinski definition) is 9. The zero-order chi connectivity index (χ0) is 32.2. The van der Waals surface area contributed by atoms with Crippen molar-refractivity contribution in [3.63, 3.8) is 0 Å². The molecule has 0 atom stereocenters. The highest BCUT2D eigenvalue weighted by atomic mass is 16.6. The summed E-state index contributed by atoms with van der Waals surface area (Å²) >= 11 is 0. The van der Waals surface area contributed by atoms with Crippen LogP contribution in [0.4, 0.5) is 34.1 Å². The number of carbonyl (C=O) groups is 1. The Balaban J connectivity index is 1.64. The second-order valence-electron chi connectivity index (χ2n) is 10.2. The molecule has 45 heavy (non-hydrogen) atoms. The molecule has 12 nitrogen and oxygen atoms in total.